The standard InChI is InChI=1S/C50H36N4O/c1-4-13-34(14-5-1)40-20-12-30-54-48(40)52-47(53-54)35-24-22-33(23-25-35)37-26-28-44-42(31-37)41-19-10-11-21-43(41)50(44,38-17-8-3-9-18-38)39-27-29-46-45(32-39)51-49(55-46)36-15-6-2-7-16-36/h1-25,27,29-32,49,51H,26,28H2. The van der Waals surface area contributed by atoms with Gasteiger partial charge in [-0.2, -0.15) is 0 Å². The molecular weight excluding hydrogens is 673 g/mol. The molecule has 0 amide bonds. The zero-order chi connectivity index (χ0) is 36.3. The van der Waals surface area contributed by atoms with Crippen molar-refractivity contribution in [2.24, 2.45) is 0 Å². The summed E-state index contributed by atoms with van der Waals surface area (Å²) in [6.45, 7) is 0. The molecule has 1 N–H and O–H groups in total. The lowest BCUT2D eigenvalue weighted by Crippen LogP contribution is -2.30. The molecule has 0 saturated heterocycles. The molecule has 5 nitrogen and oxygen atoms in total. The highest BCUT2D eigenvalue weighted by Crippen LogP contribution is 2.59. The minimum absolute atomic E-state index is 0.216. The molecule has 11 rings (SSSR count). The van der Waals surface area contributed by atoms with Gasteiger partial charge in [-0.25, -0.2) is 9.50 Å². The molecule has 2 unspecified atom stereocenters. The predicted molar refractivity (Wildman–Crippen MR) is 221 cm³/mol. The van der Waals surface area contributed by atoms with E-state index in [0.29, 0.717) is 0 Å². The molecule has 0 saturated carbocycles. The molecule has 5 heteroatoms. The van der Waals surface area contributed by atoms with Gasteiger partial charge < -0.3 is 10.1 Å². The molecule has 1 aliphatic heterocycles. The Morgan fingerprint density at radius 2 is 1.33 bits per heavy atom. The fraction of sp³-hybridized carbons (Fsp3) is 0.0800. The van der Waals surface area contributed by atoms with E-state index in [2.05, 4.69) is 163 Å². The fourth-order valence-corrected chi connectivity index (χ4v) is 9.07. The average Bonchev–Trinajstić information content (AvgIpc) is 3.98. The van der Waals surface area contributed by atoms with Crippen molar-refractivity contribution >= 4 is 22.5 Å². The SMILES string of the molecule is C1=C(c2ccc(-c3nc4c(-c5ccccc5)cccn4n3)cc2)CCC2=C1c1ccccc1C2(c1ccccc1)c1ccc2c(c1)NC(c1ccccc1)O2. The van der Waals surface area contributed by atoms with Gasteiger partial charge in [0.1, 0.15) is 5.75 Å². The van der Waals surface area contributed by atoms with Crippen molar-refractivity contribution < 1.29 is 4.74 Å². The van der Waals surface area contributed by atoms with E-state index in [1.54, 1.807) is 0 Å². The van der Waals surface area contributed by atoms with Gasteiger partial charge in [-0.3, -0.25) is 0 Å². The van der Waals surface area contributed by atoms with Crippen LogP contribution >= 0.6 is 0 Å². The summed E-state index contributed by atoms with van der Waals surface area (Å²) in [7, 11) is 0. The van der Waals surface area contributed by atoms with Gasteiger partial charge >= 0.3 is 0 Å². The van der Waals surface area contributed by atoms with E-state index >= 15 is 0 Å². The van der Waals surface area contributed by atoms with Crippen molar-refractivity contribution in [2.75, 3.05) is 5.32 Å². The van der Waals surface area contributed by atoms with Crippen molar-refractivity contribution in [3.63, 3.8) is 0 Å². The first-order valence-corrected chi connectivity index (χ1v) is 19.0. The van der Waals surface area contributed by atoms with Crippen LogP contribution in [0.3, 0.4) is 0 Å². The Morgan fingerprint density at radius 3 is 2.15 bits per heavy atom. The van der Waals surface area contributed by atoms with Crippen molar-refractivity contribution in [3.05, 3.63) is 221 Å². The Kier molecular flexibility index (Phi) is 7.21. The second-order valence-corrected chi connectivity index (χ2v) is 14.6. The number of benzene rings is 6. The van der Waals surface area contributed by atoms with Crippen LogP contribution in [0.4, 0.5) is 5.69 Å². The third-order valence-electron chi connectivity index (χ3n) is 11.6. The lowest BCUT2D eigenvalue weighted by atomic mass is 9.65. The predicted octanol–water partition coefficient (Wildman–Crippen LogP) is 11.5. The summed E-state index contributed by atoms with van der Waals surface area (Å²) in [5.74, 6) is 1.60. The number of ether oxygens (including phenoxy) is 1. The van der Waals surface area contributed by atoms with Crippen molar-refractivity contribution in [1.82, 2.24) is 14.6 Å². The molecule has 0 fully saturated rings. The van der Waals surface area contributed by atoms with Crippen LogP contribution in [0.15, 0.2) is 188 Å². The fourth-order valence-electron chi connectivity index (χ4n) is 9.07. The third kappa shape index (κ3) is 5.00. The second-order valence-electron chi connectivity index (χ2n) is 14.6. The third-order valence-corrected chi connectivity index (χ3v) is 11.6. The number of rotatable bonds is 6. The van der Waals surface area contributed by atoms with Crippen LogP contribution in [-0.4, -0.2) is 14.6 Å². The number of aromatic nitrogens is 3. The van der Waals surface area contributed by atoms with Crippen LogP contribution in [0.25, 0.3) is 39.3 Å². The number of allylic oxidation sites excluding steroid dienone is 4. The Bertz CT molecular complexity index is 2800. The van der Waals surface area contributed by atoms with Gasteiger partial charge in [0.2, 0.25) is 0 Å². The first-order chi connectivity index (χ1) is 27.2. The van der Waals surface area contributed by atoms with Gasteiger partial charge in [0, 0.05) is 22.9 Å². The summed E-state index contributed by atoms with van der Waals surface area (Å²) < 4.78 is 8.30. The lowest BCUT2D eigenvalue weighted by molar-refractivity contribution is 0.260. The van der Waals surface area contributed by atoms with Gasteiger partial charge in [0.15, 0.2) is 17.7 Å². The largest absolute Gasteiger partial charge is 0.464 e. The first-order valence-electron chi connectivity index (χ1n) is 19.0. The smallest absolute Gasteiger partial charge is 0.196 e. The van der Waals surface area contributed by atoms with E-state index in [0.717, 1.165) is 58.0 Å². The maximum absolute atomic E-state index is 6.42. The van der Waals surface area contributed by atoms with Gasteiger partial charge in [0.05, 0.1) is 11.1 Å². The van der Waals surface area contributed by atoms with Gasteiger partial charge in [0.25, 0.3) is 0 Å². The minimum atomic E-state index is -0.436. The van der Waals surface area contributed by atoms with Crippen LogP contribution in [0.5, 0.6) is 5.75 Å². The van der Waals surface area contributed by atoms with Crippen LogP contribution in [0, 0.1) is 0 Å². The molecule has 0 spiro atoms. The van der Waals surface area contributed by atoms with E-state index in [1.807, 2.05) is 28.9 Å². The molecule has 8 aromatic rings. The molecule has 2 aromatic heterocycles. The highest BCUT2D eigenvalue weighted by atomic mass is 16.5. The number of fused-ring (bicyclic) bond motifs is 4. The topological polar surface area (TPSA) is 51.5 Å². The van der Waals surface area contributed by atoms with E-state index in [9.17, 15) is 0 Å². The normalized spacial score (nSPS) is 18.3. The van der Waals surface area contributed by atoms with Gasteiger partial charge in [-0.05, 0) is 87.2 Å². The van der Waals surface area contributed by atoms with Gasteiger partial charge in [-0.1, -0.05) is 152 Å². The van der Waals surface area contributed by atoms with Crippen LogP contribution in [0.2, 0.25) is 0 Å². The summed E-state index contributed by atoms with van der Waals surface area (Å²) in [5, 5.41) is 8.55. The Morgan fingerprint density at radius 1 is 0.618 bits per heavy atom. The highest BCUT2D eigenvalue weighted by Gasteiger charge is 2.48. The Labute approximate surface area is 319 Å². The first kappa shape index (κ1) is 31.5. The molecule has 2 atom stereocenters. The number of hydrogen-bond donors (Lipinski definition) is 1. The minimum Gasteiger partial charge on any atom is -0.464 e. The lowest BCUT2D eigenvalue weighted by Gasteiger charge is -2.37. The highest BCUT2D eigenvalue weighted by molar-refractivity contribution is 5.96. The average molecular weight is 709 g/mol. The van der Waals surface area contributed by atoms with E-state index < -0.39 is 5.41 Å². The number of hydrogen-bond acceptors (Lipinski definition) is 4. The summed E-state index contributed by atoms with van der Waals surface area (Å²) >= 11 is 0. The number of nitrogens with zero attached hydrogens (tertiary/aromatic N) is 3. The van der Waals surface area contributed by atoms with E-state index in [4.69, 9.17) is 14.8 Å². The maximum atomic E-state index is 6.42. The van der Waals surface area contributed by atoms with Crippen molar-refractivity contribution in [2.45, 2.75) is 24.5 Å². The Hall–Kier alpha value is -6.98. The zero-order valence-electron chi connectivity index (χ0n) is 30.1. The Balaban J connectivity index is 0.986. The van der Waals surface area contributed by atoms with Crippen molar-refractivity contribution in [1.29, 1.82) is 0 Å². The molecule has 3 aliphatic rings. The quantitative estimate of drug-likeness (QED) is 0.187. The number of anilines is 1. The van der Waals surface area contributed by atoms with E-state index in [1.165, 1.54) is 44.5 Å². The molecule has 262 valence electrons. The van der Waals surface area contributed by atoms with Gasteiger partial charge in [-0.15, -0.1) is 5.10 Å². The number of pyridine rings is 1. The summed E-state index contributed by atoms with van der Waals surface area (Å²) in [6, 6.07) is 60.5. The summed E-state index contributed by atoms with van der Waals surface area (Å²) in [4.78, 5) is 5.00. The summed E-state index contributed by atoms with van der Waals surface area (Å²) in [5.41, 5.74) is 16.2. The van der Waals surface area contributed by atoms with Crippen LogP contribution in [0.1, 0.15) is 52.5 Å². The van der Waals surface area contributed by atoms with Crippen LogP contribution < -0.4 is 10.1 Å². The monoisotopic (exact) mass is 708 g/mol. The van der Waals surface area contributed by atoms with E-state index in [-0.39, 0.29) is 6.23 Å². The molecule has 2 aliphatic carbocycles. The second kappa shape index (κ2) is 12.6. The van der Waals surface area contributed by atoms with Crippen LogP contribution in [-0.2, 0) is 5.41 Å². The number of nitrogens with one attached hydrogen (secondary N) is 1. The molecule has 0 bridgehead atoms. The molecule has 0 radical (unpaired) electrons. The molecular formula is C50H36N4O. The maximum Gasteiger partial charge on any atom is 0.196 e. The summed E-state index contributed by atoms with van der Waals surface area (Å²) in [6.07, 6.45) is 6.08. The van der Waals surface area contributed by atoms with Crippen molar-refractivity contribution in [3.8, 4) is 28.3 Å². The molecule has 6 aromatic carbocycles. The zero-order valence-corrected chi connectivity index (χ0v) is 30.1. The molecule has 3 heterocycles. The molecule has 55 heavy (non-hydrogen) atoms.